The van der Waals surface area contributed by atoms with Gasteiger partial charge in [0.15, 0.2) is 0 Å². The van der Waals surface area contributed by atoms with E-state index in [1.54, 1.807) is 12.2 Å². The second-order valence-corrected chi connectivity index (χ2v) is 5.67. The molecule has 24 heavy (non-hydrogen) atoms. The summed E-state index contributed by atoms with van der Waals surface area (Å²) in [5.74, 6) is 0.665. The summed E-state index contributed by atoms with van der Waals surface area (Å²) in [5, 5.41) is 3.00. The van der Waals surface area contributed by atoms with Gasteiger partial charge in [-0.1, -0.05) is 50.2 Å². The van der Waals surface area contributed by atoms with E-state index < -0.39 is 0 Å². The number of hydrogen-bond donors (Lipinski definition) is 1. The molecule has 3 nitrogen and oxygen atoms in total. The second-order valence-electron chi connectivity index (χ2n) is 5.67. The number of benzene rings is 2. The molecule has 0 bridgehead atoms. The van der Waals surface area contributed by atoms with Crippen LogP contribution in [0.15, 0.2) is 48.5 Å². The number of carbonyl (C=O) groups is 1. The Kier molecular flexibility index (Phi) is 6.62. The van der Waals surface area contributed by atoms with Gasteiger partial charge in [0, 0.05) is 17.3 Å². The fraction of sp³-hybridized carbons (Fsp3) is 0.286. The van der Waals surface area contributed by atoms with E-state index >= 15 is 0 Å². The Morgan fingerprint density at radius 3 is 2.67 bits per heavy atom. The Morgan fingerprint density at radius 2 is 1.92 bits per heavy atom. The van der Waals surface area contributed by atoms with Crippen LogP contribution in [0.3, 0.4) is 0 Å². The number of ether oxygens (including phenoxy) is 1. The third-order valence-corrected chi connectivity index (χ3v) is 3.78. The fourth-order valence-corrected chi connectivity index (χ4v) is 2.49. The van der Waals surface area contributed by atoms with E-state index in [-0.39, 0.29) is 5.91 Å². The molecule has 0 aliphatic carbocycles. The molecule has 0 unspecified atom stereocenters. The molecular weight excluding hydrogens is 298 g/mol. The molecule has 2 aromatic rings. The summed E-state index contributed by atoms with van der Waals surface area (Å²) in [5.41, 5.74) is 4.03. The van der Waals surface area contributed by atoms with Crippen LogP contribution < -0.4 is 10.1 Å². The summed E-state index contributed by atoms with van der Waals surface area (Å²) in [4.78, 5) is 12.3. The molecule has 0 fully saturated rings. The van der Waals surface area contributed by atoms with Gasteiger partial charge in [0.05, 0.1) is 6.61 Å². The van der Waals surface area contributed by atoms with Gasteiger partial charge in [-0.05, 0) is 43.0 Å². The summed E-state index contributed by atoms with van der Waals surface area (Å²) in [7, 11) is 0. The zero-order valence-electron chi connectivity index (χ0n) is 14.6. The molecule has 126 valence electrons. The summed E-state index contributed by atoms with van der Waals surface area (Å²) in [6.45, 7) is 6.83. The molecule has 0 radical (unpaired) electrons. The van der Waals surface area contributed by atoms with E-state index in [0.717, 1.165) is 41.0 Å². The molecular formula is C21H25NO2. The molecule has 3 heteroatoms. The lowest BCUT2D eigenvalue weighted by Gasteiger charge is -2.11. The van der Waals surface area contributed by atoms with Crippen LogP contribution in [0.1, 0.15) is 37.0 Å². The first-order valence-electron chi connectivity index (χ1n) is 8.45. The molecule has 0 aliphatic rings. The monoisotopic (exact) mass is 323 g/mol. The Bertz CT molecular complexity index is 720. The van der Waals surface area contributed by atoms with Crippen LogP contribution in [0.4, 0.5) is 5.69 Å². The Morgan fingerprint density at radius 1 is 1.12 bits per heavy atom. The largest absolute Gasteiger partial charge is 0.493 e. The minimum absolute atomic E-state index is 0.135. The fourth-order valence-electron chi connectivity index (χ4n) is 2.49. The van der Waals surface area contributed by atoms with Gasteiger partial charge >= 0.3 is 0 Å². The highest BCUT2D eigenvalue weighted by Crippen LogP contribution is 2.22. The zero-order chi connectivity index (χ0) is 17.4. The summed E-state index contributed by atoms with van der Waals surface area (Å²) >= 11 is 0. The molecule has 0 spiro atoms. The van der Waals surface area contributed by atoms with Gasteiger partial charge in [0.25, 0.3) is 0 Å². The van der Waals surface area contributed by atoms with Crippen molar-refractivity contribution in [3.05, 3.63) is 65.2 Å². The number of rotatable bonds is 7. The molecule has 1 amide bonds. The third kappa shape index (κ3) is 4.72. The topological polar surface area (TPSA) is 38.3 Å². The summed E-state index contributed by atoms with van der Waals surface area (Å²) < 4.78 is 5.71. The quantitative estimate of drug-likeness (QED) is 0.728. The predicted octanol–water partition coefficient (Wildman–Crippen LogP) is 5.00. The average Bonchev–Trinajstić information content (AvgIpc) is 2.60. The standard InChI is InChI=1S/C21H25NO2/c1-4-15-24-19-12-7-6-10-18(19)13-14-20(23)22-21-16(3)9-8-11-17(21)5-2/h6-14H,4-5,15H2,1-3H3,(H,22,23)/b14-13+. The molecule has 0 aromatic heterocycles. The van der Waals surface area contributed by atoms with Gasteiger partial charge in [-0.15, -0.1) is 0 Å². The van der Waals surface area contributed by atoms with Crippen molar-refractivity contribution in [2.24, 2.45) is 0 Å². The van der Waals surface area contributed by atoms with E-state index in [0.29, 0.717) is 6.61 Å². The molecule has 0 heterocycles. The molecule has 0 saturated carbocycles. The predicted molar refractivity (Wildman–Crippen MR) is 100 cm³/mol. The number of para-hydroxylation sites is 2. The van der Waals surface area contributed by atoms with Crippen molar-refractivity contribution < 1.29 is 9.53 Å². The van der Waals surface area contributed by atoms with Crippen molar-refractivity contribution in [2.75, 3.05) is 11.9 Å². The first-order chi connectivity index (χ1) is 11.7. The lowest BCUT2D eigenvalue weighted by Crippen LogP contribution is -2.11. The lowest BCUT2D eigenvalue weighted by atomic mass is 10.1. The summed E-state index contributed by atoms with van der Waals surface area (Å²) in [6.07, 6.45) is 5.19. The van der Waals surface area contributed by atoms with Gasteiger partial charge in [0.2, 0.25) is 5.91 Å². The number of amides is 1. The summed E-state index contributed by atoms with van der Waals surface area (Å²) in [6, 6.07) is 13.8. The van der Waals surface area contributed by atoms with E-state index in [2.05, 4.69) is 19.2 Å². The van der Waals surface area contributed by atoms with Crippen molar-refractivity contribution >= 4 is 17.7 Å². The van der Waals surface area contributed by atoms with Crippen molar-refractivity contribution in [3.8, 4) is 5.75 Å². The molecule has 2 rings (SSSR count). The van der Waals surface area contributed by atoms with Gasteiger partial charge in [0.1, 0.15) is 5.75 Å². The molecule has 0 atom stereocenters. The molecule has 2 aromatic carbocycles. The smallest absolute Gasteiger partial charge is 0.248 e. The number of carbonyl (C=O) groups excluding carboxylic acids is 1. The first-order valence-corrected chi connectivity index (χ1v) is 8.45. The highest BCUT2D eigenvalue weighted by atomic mass is 16.5. The second kappa shape index (κ2) is 8.92. The van der Waals surface area contributed by atoms with Crippen LogP contribution in [0.25, 0.3) is 6.08 Å². The number of hydrogen-bond acceptors (Lipinski definition) is 2. The maximum atomic E-state index is 12.3. The van der Waals surface area contributed by atoms with Crippen molar-refractivity contribution in [1.29, 1.82) is 0 Å². The van der Waals surface area contributed by atoms with Crippen LogP contribution in [0.5, 0.6) is 5.75 Å². The van der Waals surface area contributed by atoms with Crippen molar-refractivity contribution in [1.82, 2.24) is 0 Å². The Labute approximate surface area is 144 Å². The molecule has 0 saturated heterocycles. The van der Waals surface area contributed by atoms with Crippen LogP contribution in [0, 0.1) is 6.92 Å². The number of aryl methyl sites for hydroxylation is 2. The van der Waals surface area contributed by atoms with Crippen LogP contribution >= 0.6 is 0 Å². The Balaban J connectivity index is 2.12. The van der Waals surface area contributed by atoms with Gasteiger partial charge in [-0.25, -0.2) is 0 Å². The van der Waals surface area contributed by atoms with Gasteiger partial charge < -0.3 is 10.1 Å². The SMILES string of the molecule is CCCOc1ccccc1/C=C/C(=O)Nc1c(C)cccc1CC. The van der Waals surface area contributed by atoms with Crippen LogP contribution in [-0.4, -0.2) is 12.5 Å². The van der Waals surface area contributed by atoms with E-state index in [1.807, 2.05) is 49.4 Å². The van der Waals surface area contributed by atoms with Gasteiger partial charge in [-0.3, -0.25) is 4.79 Å². The lowest BCUT2D eigenvalue weighted by molar-refractivity contribution is -0.111. The number of anilines is 1. The number of nitrogens with one attached hydrogen (secondary N) is 1. The minimum Gasteiger partial charge on any atom is -0.493 e. The maximum absolute atomic E-state index is 12.3. The highest BCUT2D eigenvalue weighted by Gasteiger charge is 2.07. The minimum atomic E-state index is -0.135. The van der Waals surface area contributed by atoms with Crippen molar-refractivity contribution in [2.45, 2.75) is 33.6 Å². The first kappa shape index (κ1) is 17.8. The Hall–Kier alpha value is -2.55. The maximum Gasteiger partial charge on any atom is 0.248 e. The highest BCUT2D eigenvalue weighted by molar-refractivity contribution is 6.03. The zero-order valence-corrected chi connectivity index (χ0v) is 14.6. The average molecular weight is 323 g/mol. The van der Waals surface area contributed by atoms with E-state index in [1.165, 1.54) is 0 Å². The van der Waals surface area contributed by atoms with Crippen LogP contribution in [0.2, 0.25) is 0 Å². The van der Waals surface area contributed by atoms with Crippen LogP contribution in [-0.2, 0) is 11.2 Å². The molecule has 0 aliphatic heterocycles. The third-order valence-electron chi connectivity index (χ3n) is 3.78. The van der Waals surface area contributed by atoms with Gasteiger partial charge in [-0.2, -0.15) is 0 Å². The van der Waals surface area contributed by atoms with E-state index in [4.69, 9.17) is 4.74 Å². The normalized spacial score (nSPS) is 10.8. The molecule has 1 N–H and O–H groups in total. The van der Waals surface area contributed by atoms with E-state index in [9.17, 15) is 4.79 Å². The van der Waals surface area contributed by atoms with Crippen molar-refractivity contribution in [3.63, 3.8) is 0 Å².